The van der Waals surface area contributed by atoms with E-state index in [1.54, 1.807) is 48.0 Å². The Morgan fingerprint density at radius 2 is 1.78 bits per heavy atom. The van der Waals surface area contributed by atoms with Crippen molar-refractivity contribution < 1.29 is 8.42 Å². The summed E-state index contributed by atoms with van der Waals surface area (Å²) in [4.78, 5) is 9.09. The van der Waals surface area contributed by atoms with Crippen molar-refractivity contribution in [1.82, 2.24) is 9.38 Å². The highest BCUT2D eigenvalue weighted by Gasteiger charge is 2.25. The minimum absolute atomic E-state index is 0.141. The Balaban J connectivity index is 2.46. The van der Waals surface area contributed by atoms with Gasteiger partial charge in [-0.3, -0.25) is 9.39 Å². The standard InChI is InChI=1S/C16H15N3O2S2/c1-17-15-14(23(20,21)12-8-4-3-5-9-12)16(22-2)18-13-10-6-7-11-19(13)15/h3-11H,1-2H3/b17-15+. The lowest BCUT2D eigenvalue weighted by Crippen LogP contribution is -2.25. The van der Waals surface area contributed by atoms with Crippen LogP contribution in [0.3, 0.4) is 0 Å². The Hall–Kier alpha value is -2.12. The topological polar surface area (TPSA) is 63.8 Å². The first-order chi connectivity index (χ1) is 11.1. The number of hydrogen-bond donors (Lipinski definition) is 0. The Labute approximate surface area is 138 Å². The molecule has 0 N–H and O–H groups in total. The maximum atomic E-state index is 13.1. The van der Waals surface area contributed by atoms with Crippen LogP contribution < -0.4 is 5.49 Å². The van der Waals surface area contributed by atoms with Gasteiger partial charge in [-0.2, -0.15) is 0 Å². The predicted molar refractivity (Wildman–Crippen MR) is 90.4 cm³/mol. The van der Waals surface area contributed by atoms with Crippen LogP contribution in [0.25, 0.3) is 5.65 Å². The molecule has 118 valence electrons. The molecule has 0 unspecified atom stereocenters. The summed E-state index contributed by atoms with van der Waals surface area (Å²) in [5.41, 5.74) is 1.04. The van der Waals surface area contributed by atoms with Crippen LogP contribution in [0.5, 0.6) is 0 Å². The number of thioether (sulfide) groups is 1. The summed E-state index contributed by atoms with van der Waals surface area (Å²) in [6.45, 7) is 0. The predicted octanol–water partition coefficient (Wildman–Crippen LogP) is 2.42. The summed E-state index contributed by atoms with van der Waals surface area (Å²) in [7, 11) is -2.13. The molecule has 0 saturated carbocycles. The maximum absolute atomic E-state index is 13.1. The molecular formula is C16H15N3O2S2. The first-order valence-electron chi connectivity index (χ1n) is 6.88. The van der Waals surface area contributed by atoms with Crippen LogP contribution >= 0.6 is 11.8 Å². The first-order valence-corrected chi connectivity index (χ1v) is 9.58. The van der Waals surface area contributed by atoms with Crippen LogP contribution in [0, 0.1) is 0 Å². The van der Waals surface area contributed by atoms with Crippen molar-refractivity contribution in [2.24, 2.45) is 4.99 Å². The number of benzene rings is 1. The lowest BCUT2D eigenvalue weighted by molar-refractivity contribution is 0.589. The van der Waals surface area contributed by atoms with Crippen molar-refractivity contribution in [2.45, 2.75) is 14.8 Å². The van der Waals surface area contributed by atoms with Gasteiger partial charge in [0, 0.05) is 13.2 Å². The number of pyridine rings is 1. The van der Waals surface area contributed by atoms with Gasteiger partial charge in [-0.05, 0) is 30.5 Å². The molecule has 0 fully saturated rings. The fraction of sp³-hybridized carbons (Fsp3) is 0.125. The van der Waals surface area contributed by atoms with Crippen LogP contribution in [-0.4, -0.2) is 31.1 Å². The third-order valence-electron chi connectivity index (χ3n) is 3.41. The van der Waals surface area contributed by atoms with Crippen molar-refractivity contribution in [3.05, 3.63) is 60.2 Å². The van der Waals surface area contributed by atoms with Gasteiger partial charge in [0.15, 0.2) is 5.49 Å². The number of sulfone groups is 1. The van der Waals surface area contributed by atoms with Gasteiger partial charge in [-0.1, -0.05) is 24.3 Å². The highest BCUT2D eigenvalue weighted by molar-refractivity contribution is 7.99. The second-order valence-corrected chi connectivity index (χ2v) is 7.42. The summed E-state index contributed by atoms with van der Waals surface area (Å²) < 4.78 is 27.9. The van der Waals surface area contributed by atoms with Gasteiger partial charge in [0.05, 0.1) is 4.90 Å². The van der Waals surface area contributed by atoms with Crippen molar-refractivity contribution in [1.29, 1.82) is 0 Å². The van der Waals surface area contributed by atoms with Crippen LogP contribution in [0.1, 0.15) is 0 Å². The maximum Gasteiger partial charge on any atom is 0.212 e. The van der Waals surface area contributed by atoms with E-state index in [0.717, 1.165) is 0 Å². The third-order valence-corrected chi connectivity index (χ3v) is 6.02. The van der Waals surface area contributed by atoms with Crippen molar-refractivity contribution in [2.75, 3.05) is 13.3 Å². The first kappa shape index (κ1) is 15.8. The molecule has 0 aliphatic heterocycles. The largest absolute Gasteiger partial charge is 0.285 e. The van der Waals surface area contributed by atoms with E-state index in [2.05, 4.69) is 9.98 Å². The molecule has 0 bridgehead atoms. The van der Waals surface area contributed by atoms with E-state index in [9.17, 15) is 8.42 Å². The molecule has 0 spiro atoms. The van der Waals surface area contributed by atoms with E-state index >= 15 is 0 Å². The molecule has 3 aromatic rings. The van der Waals surface area contributed by atoms with Crippen LogP contribution in [-0.2, 0) is 9.84 Å². The van der Waals surface area contributed by atoms with Gasteiger partial charge < -0.3 is 0 Å². The molecule has 2 heterocycles. The van der Waals surface area contributed by atoms with E-state index in [0.29, 0.717) is 16.2 Å². The minimum Gasteiger partial charge on any atom is -0.285 e. The number of aromatic nitrogens is 2. The van der Waals surface area contributed by atoms with Crippen molar-refractivity contribution >= 4 is 27.2 Å². The molecule has 0 atom stereocenters. The SMILES string of the molecule is C/N=c1\c(S(=O)(=O)c2ccccc2)c(SC)nc2ccccn12. The highest BCUT2D eigenvalue weighted by Crippen LogP contribution is 2.26. The highest BCUT2D eigenvalue weighted by atomic mass is 32.2. The molecule has 0 saturated heterocycles. The average Bonchev–Trinajstić information content (AvgIpc) is 2.60. The summed E-state index contributed by atoms with van der Waals surface area (Å²) >= 11 is 1.30. The quantitative estimate of drug-likeness (QED) is 0.540. The van der Waals surface area contributed by atoms with Crippen LogP contribution in [0.15, 0.2) is 74.5 Å². The van der Waals surface area contributed by atoms with Crippen molar-refractivity contribution in [3.8, 4) is 0 Å². The summed E-state index contributed by atoms with van der Waals surface area (Å²) in [6, 6.07) is 13.9. The lowest BCUT2D eigenvalue weighted by atomic mass is 10.4. The van der Waals surface area contributed by atoms with E-state index in [4.69, 9.17) is 0 Å². The van der Waals surface area contributed by atoms with Gasteiger partial charge >= 0.3 is 0 Å². The van der Waals surface area contributed by atoms with Gasteiger partial charge in [-0.15, -0.1) is 11.8 Å². The van der Waals surface area contributed by atoms with E-state index in [-0.39, 0.29) is 9.79 Å². The third kappa shape index (κ3) is 2.66. The molecule has 0 amide bonds. The normalized spacial score (nSPS) is 12.7. The minimum atomic E-state index is -3.71. The zero-order chi connectivity index (χ0) is 16.4. The van der Waals surface area contributed by atoms with E-state index in [1.165, 1.54) is 11.8 Å². The van der Waals surface area contributed by atoms with Gasteiger partial charge in [0.1, 0.15) is 15.6 Å². The number of rotatable bonds is 3. The molecule has 5 nitrogen and oxygen atoms in total. The van der Waals surface area contributed by atoms with Crippen molar-refractivity contribution in [3.63, 3.8) is 0 Å². The van der Waals surface area contributed by atoms with E-state index < -0.39 is 9.84 Å². The van der Waals surface area contributed by atoms with E-state index in [1.807, 2.05) is 24.5 Å². The van der Waals surface area contributed by atoms with Gasteiger partial charge in [-0.25, -0.2) is 13.4 Å². The smallest absolute Gasteiger partial charge is 0.212 e. The molecule has 0 aliphatic rings. The number of fused-ring (bicyclic) bond motifs is 1. The second kappa shape index (κ2) is 6.17. The van der Waals surface area contributed by atoms with Gasteiger partial charge in [0.2, 0.25) is 9.84 Å². The Morgan fingerprint density at radius 3 is 2.43 bits per heavy atom. The molecule has 1 aromatic carbocycles. The molecule has 7 heteroatoms. The Kier molecular flexibility index (Phi) is 4.23. The fourth-order valence-corrected chi connectivity index (χ4v) is 4.86. The molecular weight excluding hydrogens is 330 g/mol. The molecule has 23 heavy (non-hydrogen) atoms. The van der Waals surface area contributed by atoms with Crippen LogP contribution in [0.4, 0.5) is 0 Å². The monoisotopic (exact) mass is 345 g/mol. The Bertz CT molecular complexity index is 1030. The lowest BCUT2D eigenvalue weighted by Gasteiger charge is -2.12. The molecule has 3 rings (SSSR count). The molecule has 2 aromatic heterocycles. The molecule has 0 aliphatic carbocycles. The molecule has 0 radical (unpaired) electrons. The number of nitrogens with zero attached hydrogens (tertiary/aromatic N) is 3. The zero-order valence-corrected chi connectivity index (χ0v) is 14.3. The summed E-state index contributed by atoms with van der Waals surface area (Å²) in [5.74, 6) is 0. The fourth-order valence-electron chi connectivity index (χ4n) is 2.36. The number of hydrogen-bond acceptors (Lipinski definition) is 5. The van der Waals surface area contributed by atoms with Crippen LogP contribution in [0.2, 0.25) is 0 Å². The van der Waals surface area contributed by atoms with Gasteiger partial charge in [0.25, 0.3) is 0 Å². The zero-order valence-electron chi connectivity index (χ0n) is 12.7. The summed E-state index contributed by atoms with van der Waals surface area (Å²) in [5, 5.41) is 0.445. The average molecular weight is 345 g/mol. The summed E-state index contributed by atoms with van der Waals surface area (Å²) in [6.07, 6.45) is 3.57. The second-order valence-electron chi connectivity index (χ2n) is 4.74. The Morgan fingerprint density at radius 1 is 1.09 bits per heavy atom.